The molecule has 0 fully saturated rings. The number of amides is 1. The van der Waals surface area contributed by atoms with Crippen molar-refractivity contribution in [2.75, 3.05) is 6.61 Å². The molecule has 1 amide bonds. The molecule has 6 nitrogen and oxygen atoms in total. The zero-order chi connectivity index (χ0) is 12.7. The van der Waals surface area contributed by atoms with Crippen molar-refractivity contribution in [3.63, 3.8) is 0 Å². The molecule has 1 rings (SSSR count). The summed E-state index contributed by atoms with van der Waals surface area (Å²) in [6, 6.07) is 8.22. The maximum atomic E-state index is 11.3. The Morgan fingerprint density at radius 3 is 2.71 bits per heavy atom. The molecular formula is C11H15N3O3. The standard InChI is InChI=1S/C11H15N3O3/c1-2-17-11(15)13-9(10(12)14-16)8-6-4-3-5-7-8/h3-7,9,16H,2H2,1H3,(H2,12,14)(H,13,15). The average Bonchev–Trinajstić information content (AvgIpc) is 2.36. The number of oxime groups is 1. The monoisotopic (exact) mass is 237 g/mol. The van der Waals surface area contributed by atoms with E-state index in [0.29, 0.717) is 5.56 Å². The van der Waals surface area contributed by atoms with Crippen LogP contribution in [0.15, 0.2) is 35.5 Å². The highest BCUT2D eigenvalue weighted by atomic mass is 16.5. The van der Waals surface area contributed by atoms with E-state index in [4.69, 9.17) is 15.7 Å². The van der Waals surface area contributed by atoms with E-state index in [9.17, 15) is 4.79 Å². The molecular weight excluding hydrogens is 222 g/mol. The molecule has 0 aliphatic carbocycles. The minimum Gasteiger partial charge on any atom is -0.450 e. The summed E-state index contributed by atoms with van der Waals surface area (Å²) in [4.78, 5) is 11.3. The summed E-state index contributed by atoms with van der Waals surface area (Å²) in [6.45, 7) is 1.95. The Morgan fingerprint density at radius 2 is 2.18 bits per heavy atom. The van der Waals surface area contributed by atoms with Crippen LogP contribution < -0.4 is 11.1 Å². The molecule has 0 aliphatic heterocycles. The Hall–Kier alpha value is -2.24. The Morgan fingerprint density at radius 1 is 1.53 bits per heavy atom. The van der Waals surface area contributed by atoms with Gasteiger partial charge in [0.2, 0.25) is 0 Å². The van der Waals surface area contributed by atoms with E-state index in [2.05, 4.69) is 10.5 Å². The molecule has 92 valence electrons. The number of hydrogen-bond donors (Lipinski definition) is 3. The highest BCUT2D eigenvalue weighted by Crippen LogP contribution is 2.12. The van der Waals surface area contributed by atoms with Gasteiger partial charge in [-0.25, -0.2) is 4.79 Å². The molecule has 0 spiro atoms. The van der Waals surface area contributed by atoms with Gasteiger partial charge in [0.25, 0.3) is 0 Å². The molecule has 6 heteroatoms. The summed E-state index contributed by atoms with van der Waals surface area (Å²) in [5, 5.41) is 14.1. The van der Waals surface area contributed by atoms with E-state index >= 15 is 0 Å². The highest BCUT2D eigenvalue weighted by Gasteiger charge is 2.19. The Bertz CT molecular complexity index is 392. The van der Waals surface area contributed by atoms with Crippen molar-refractivity contribution in [3.8, 4) is 0 Å². The maximum absolute atomic E-state index is 11.3. The van der Waals surface area contributed by atoms with Gasteiger partial charge in [-0.2, -0.15) is 0 Å². The summed E-state index contributed by atoms with van der Waals surface area (Å²) in [5.41, 5.74) is 6.23. The van der Waals surface area contributed by atoms with Gasteiger partial charge >= 0.3 is 6.09 Å². The summed E-state index contributed by atoms with van der Waals surface area (Å²) >= 11 is 0. The minimum atomic E-state index is -0.708. The van der Waals surface area contributed by atoms with E-state index in [1.54, 1.807) is 31.2 Å². The lowest BCUT2D eigenvalue weighted by molar-refractivity contribution is 0.150. The number of nitrogens with one attached hydrogen (secondary N) is 1. The highest BCUT2D eigenvalue weighted by molar-refractivity contribution is 5.89. The molecule has 0 aliphatic rings. The van der Waals surface area contributed by atoms with Crippen LogP contribution in [0, 0.1) is 0 Å². The van der Waals surface area contributed by atoms with Crippen molar-refractivity contribution < 1.29 is 14.7 Å². The smallest absolute Gasteiger partial charge is 0.407 e. The second-order valence-electron chi connectivity index (χ2n) is 3.23. The number of nitrogens with zero attached hydrogens (tertiary/aromatic N) is 1. The van der Waals surface area contributed by atoms with E-state index in [1.165, 1.54) is 0 Å². The van der Waals surface area contributed by atoms with E-state index in [1.807, 2.05) is 6.07 Å². The molecule has 0 radical (unpaired) electrons. The maximum Gasteiger partial charge on any atom is 0.407 e. The van der Waals surface area contributed by atoms with E-state index < -0.39 is 12.1 Å². The summed E-state index contributed by atoms with van der Waals surface area (Å²) in [7, 11) is 0. The molecule has 4 N–H and O–H groups in total. The van der Waals surface area contributed by atoms with Crippen molar-refractivity contribution in [1.29, 1.82) is 0 Å². The van der Waals surface area contributed by atoms with Crippen LogP contribution in [0.3, 0.4) is 0 Å². The largest absolute Gasteiger partial charge is 0.450 e. The van der Waals surface area contributed by atoms with Gasteiger partial charge in [-0.15, -0.1) is 0 Å². The molecule has 17 heavy (non-hydrogen) atoms. The number of benzene rings is 1. The molecule has 1 atom stereocenters. The molecule has 0 heterocycles. The average molecular weight is 237 g/mol. The zero-order valence-electron chi connectivity index (χ0n) is 9.46. The predicted molar refractivity (Wildman–Crippen MR) is 62.7 cm³/mol. The van der Waals surface area contributed by atoms with Gasteiger partial charge in [0.05, 0.1) is 6.61 Å². The molecule has 1 unspecified atom stereocenters. The van der Waals surface area contributed by atoms with Gasteiger partial charge in [0.15, 0.2) is 5.84 Å². The SMILES string of the molecule is CCOC(=O)NC(/C(N)=N/O)c1ccccc1. The van der Waals surface area contributed by atoms with Crippen LogP contribution in [-0.4, -0.2) is 23.7 Å². The lowest BCUT2D eigenvalue weighted by atomic mass is 10.1. The second kappa shape index (κ2) is 6.37. The fourth-order valence-electron chi connectivity index (χ4n) is 1.32. The van der Waals surface area contributed by atoms with Crippen LogP contribution >= 0.6 is 0 Å². The topological polar surface area (TPSA) is 96.9 Å². The number of nitrogens with two attached hydrogens (primary N) is 1. The fourth-order valence-corrected chi connectivity index (χ4v) is 1.32. The lowest BCUT2D eigenvalue weighted by Crippen LogP contribution is -2.38. The third-order valence-electron chi connectivity index (χ3n) is 2.08. The first-order valence-corrected chi connectivity index (χ1v) is 5.14. The number of carbonyl (C=O) groups excluding carboxylic acids is 1. The van der Waals surface area contributed by atoms with Gasteiger partial charge in [-0.05, 0) is 12.5 Å². The minimum absolute atomic E-state index is 0.107. The first kappa shape index (κ1) is 12.8. The molecule has 0 bridgehead atoms. The number of amidine groups is 1. The molecule has 0 aromatic heterocycles. The summed E-state index contributed by atoms with van der Waals surface area (Å²) in [5.74, 6) is -0.107. The van der Waals surface area contributed by atoms with Crippen molar-refractivity contribution in [2.24, 2.45) is 10.9 Å². The summed E-state index contributed by atoms with van der Waals surface area (Å²) in [6.07, 6.45) is -0.618. The second-order valence-corrected chi connectivity index (χ2v) is 3.23. The number of alkyl carbamates (subject to hydrolysis) is 1. The molecule has 1 aromatic carbocycles. The van der Waals surface area contributed by atoms with Gasteiger partial charge in [-0.1, -0.05) is 35.5 Å². The van der Waals surface area contributed by atoms with Crippen LogP contribution in [-0.2, 0) is 4.74 Å². The van der Waals surface area contributed by atoms with Crippen LogP contribution in [0.25, 0.3) is 0 Å². The number of carbonyl (C=O) groups is 1. The van der Waals surface area contributed by atoms with Gasteiger partial charge in [-0.3, -0.25) is 0 Å². The van der Waals surface area contributed by atoms with Crippen LogP contribution in [0.4, 0.5) is 4.79 Å². The Kier molecular flexibility index (Phi) is 4.80. The molecule has 1 aromatic rings. The normalized spacial score (nSPS) is 12.9. The Balaban J connectivity index is 2.86. The number of ether oxygens (including phenoxy) is 1. The van der Waals surface area contributed by atoms with E-state index in [0.717, 1.165) is 0 Å². The number of rotatable bonds is 4. The first-order chi connectivity index (χ1) is 8.19. The fraction of sp³-hybridized carbons (Fsp3) is 0.273. The van der Waals surface area contributed by atoms with Crippen molar-refractivity contribution in [3.05, 3.63) is 35.9 Å². The summed E-state index contributed by atoms with van der Waals surface area (Å²) < 4.78 is 4.75. The zero-order valence-corrected chi connectivity index (χ0v) is 9.46. The lowest BCUT2D eigenvalue weighted by Gasteiger charge is -2.17. The quantitative estimate of drug-likeness (QED) is 0.317. The molecule has 0 saturated carbocycles. The van der Waals surface area contributed by atoms with Gasteiger partial charge in [0.1, 0.15) is 6.04 Å². The third-order valence-corrected chi connectivity index (χ3v) is 2.08. The van der Waals surface area contributed by atoms with Crippen LogP contribution in [0.5, 0.6) is 0 Å². The van der Waals surface area contributed by atoms with E-state index in [-0.39, 0.29) is 12.4 Å². The van der Waals surface area contributed by atoms with Crippen molar-refractivity contribution >= 4 is 11.9 Å². The Labute approximate surface area is 99.1 Å². The third kappa shape index (κ3) is 3.67. The van der Waals surface area contributed by atoms with Crippen LogP contribution in [0.2, 0.25) is 0 Å². The predicted octanol–water partition coefficient (Wildman–Crippen LogP) is 1.22. The van der Waals surface area contributed by atoms with Gasteiger partial charge in [0, 0.05) is 0 Å². The van der Waals surface area contributed by atoms with Crippen molar-refractivity contribution in [2.45, 2.75) is 13.0 Å². The van der Waals surface area contributed by atoms with Crippen LogP contribution in [0.1, 0.15) is 18.5 Å². The number of hydrogen-bond acceptors (Lipinski definition) is 4. The molecule has 0 saturated heterocycles. The van der Waals surface area contributed by atoms with Gasteiger partial charge < -0.3 is 21.0 Å². The van der Waals surface area contributed by atoms with Crippen molar-refractivity contribution in [1.82, 2.24) is 5.32 Å². The first-order valence-electron chi connectivity index (χ1n) is 5.14.